The Morgan fingerprint density at radius 2 is 1.64 bits per heavy atom. The number of carbonyl (C=O) groups is 1. The van der Waals surface area contributed by atoms with E-state index in [0.717, 1.165) is 57.8 Å². The summed E-state index contributed by atoms with van der Waals surface area (Å²) in [6.07, 6.45) is 8.81. The summed E-state index contributed by atoms with van der Waals surface area (Å²) < 4.78 is 33.8. The molecule has 0 radical (unpaired) electrons. The summed E-state index contributed by atoms with van der Waals surface area (Å²) in [5.74, 6) is 1.90. The van der Waals surface area contributed by atoms with Crippen LogP contribution in [-0.4, -0.2) is 53.1 Å². The molecule has 0 aliphatic heterocycles. The molecule has 226 valence electrons. The molecule has 8 heteroatoms. The highest BCUT2D eigenvalue weighted by atomic mass is 32.2. The average Bonchev–Trinajstić information content (AvgIpc) is 3.20. The molecular formula is C31H54NO6S-. The number of rotatable bonds is 9. The SMILES string of the molecule is CC[C@H]1[C@@H](O)[C@@H]2[C@H](CC[C@]3(C)[C@@H]([C@H](C)CCC(=O)N[C@H](CS(=O)(=O)[O-])C(C)C)CC[C@@H]23)[C@@]2(C)CC[C@@H](O)C[C@@H]12. The van der Waals surface area contributed by atoms with Crippen molar-refractivity contribution in [2.75, 3.05) is 5.75 Å². The largest absolute Gasteiger partial charge is 0.748 e. The molecule has 0 aromatic rings. The Labute approximate surface area is 237 Å². The zero-order valence-electron chi connectivity index (χ0n) is 25.1. The molecule has 4 rings (SSSR count). The number of aliphatic hydroxyl groups excluding tert-OH is 2. The van der Waals surface area contributed by atoms with Crippen molar-refractivity contribution >= 4 is 16.0 Å². The molecule has 0 saturated heterocycles. The van der Waals surface area contributed by atoms with Crippen molar-refractivity contribution in [3.8, 4) is 0 Å². The Bertz CT molecular complexity index is 986. The highest BCUT2D eigenvalue weighted by molar-refractivity contribution is 7.85. The molecule has 4 fully saturated rings. The van der Waals surface area contributed by atoms with Crippen LogP contribution in [0.2, 0.25) is 0 Å². The van der Waals surface area contributed by atoms with E-state index in [4.69, 9.17) is 0 Å². The lowest BCUT2D eigenvalue weighted by Crippen LogP contribution is -2.62. The first-order valence-electron chi connectivity index (χ1n) is 15.7. The third kappa shape index (κ3) is 5.96. The Balaban J connectivity index is 1.44. The van der Waals surface area contributed by atoms with Crippen LogP contribution < -0.4 is 5.32 Å². The number of hydrogen-bond donors (Lipinski definition) is 3. The summed E-state index contributed by atoms with van der Waals surface area (Å²) in [5.41, 5.74) is 0.336. The van der Waals surface area contributed by atoms with Crippen molar-refractivity contribution in [3.05, 3.63) is 0 Å². The van der Waals surface area contributed by atoms with Crippen LogP contribution in [0.5, 0.6) is 0 Å². The van der Waals surface area contributed by atoms with Gasteiger partial charge in [0, 0.05) is 12.5 Å². The second kappa shape index (κ2) is 11.5. The zero-order valence-corrected chi connectivity index (χ0v) is 25.9. The molecule has 39 heavy (non-hydrogen) atoms. The molecule has 3 N–H and O–H groups in total. The van der Waals surface area contributed by atoms with Gasteiger partial charge in [0.1, 0.15) is 0 Å². The van der Waals surface area contributed by atoms with Gasteiger partial charge >= 0.3 is 0 Å². The third-order valence-corrected chi connectivity index (χ3v) is 13.3. The monoisotopic (exact) mass is 568 g/mol. The summed E-state index contributed by atoms with van der Waals surface area (Å²) in [4.78, 5) is 12.8. The normalized spacial score (nSPS) is 43.7. The average molecular weight is 569 g/mol. The molecule has 0 unspecified atom stereocenters. The Morgan fingerprint density at radius 1 is 1.00 bits per heavy atom. The molecule has 12 atom stereocenters. The van der Waals surface area contributed by atoms with E-state index in [1.54, 1.807) is 0 Å². The minimum Gasteiger partial charge on any atom is -0.748 e. The highest BCUT2D eigenvalue weighted by Crippen LogP contribution is 2.69. The van der Waals surface area contributed by atoms with E-state index in [-0.39, 0.29) is 40.8 Å². The van der Waals surface area contributed by atoms with Gasteiger partial charge in [0.15, 0.2) is 0 Å². The van der Waals surface area contributed by atoms with Crippen LogP contribution in [0, 0.1) is 58.2 Å². The van der Waals surface area contributed by atoms with Crippen molar-refractivity contribution in [2.24, 2.45) is 58.2 Å². The topological polar surface area (TPSA) is 127 Å². The van der Waals surface area contributed by atoms with E-state index in [2.05, 4.69) is 33.0 Å². The first-order chi connectivity index (χ1) is 18.1. The van der Waals surface area contributed by atoms with Crippen molar-refractivity contribution in [3.63, 3.8) is 0 Å². The Kier molecular flexibility index (Phi) is 9.23. The van der Waals surface area contributed by atoms with Gasteiger partial charge in [-0.3, -0.25) is 4.79 Å². The molecule has 1 amide bonds. The van der Waals surface area contributed by atoms with Gasteiger partial charge in [0.05, 0.1) is 28.1 Å². The van der Waals surface area contributed by atoms with E-state index >= 15 is 0 Å². The van der Waals surface area contributed by atoms with Gasteiger partial charge in [-0.15, -0.1) is 0 Å². The number of aliphatic hydroxyl groups is 2. The maximum absolute atomic E-state index is 12.8. The number of carbonyl (C=O) groups excluding carboxylic acids is 1. The fraction of sp³-hybridized carbons (Fsp3) is 0.968. The van der Waals surface area contributed by atoms with Crippen LogP contribution in [0.3, 0.4) is 0 Å². The maximum Gasteiger partial charge on any atom is 0.220 e. The number of fused-ring (bicyclic) bond motifs is 5. The fourth-order valence-electron chi connectivity index (χ4n) is 10.4. The fourth-order valence-corrected chi connectivity index (χ4v) is 11.3. The lowest BCUT2D eigenvalue weighted by Gasteiger charge is -2.64. The van der Waals surface area contributed by atoms with Crippen LogP contribution in [-0.2, 0) is 14.9 Å². The van der Waals surface area contributed by atoms with Gasteiger partial charge in [-0.2, -0.15) is 0 Å². The summed E-state index contributed by atoms with van der Waals surface area (Å²) >= 11 is 0. The molecule has 7 nitrogen and oxygen atoms in total. The van der Waals surface area contributed by atoms with Gasteiger partial charge in [0.2, 0.25) is 5.91 Å². The Hall–Kier alpha value is -0.700. The number of amides is 1. The van der Waals surface area contributed by atoms with Gasteiger partial charge in [-0.05, 0) is 110 Å². The smallest absolute Gasteiger partial charge is 0.220 e. The maximum atomic E-state index is 12.8. The number of nitrogens with one attached hydrogen (secondary N) is 1. The van der Waals surface area contributed by atoms with Crippen molar-refractivity contribution in [2.45, 2.75) is 124 Å². The quantitative estimate of drug-likeness (QED) is 0.346. The molecule has 0 aromatic carbocycles. The van der Waals surface area contributed by atoms with Crippen LogP contribution in [0.4, 0.5) is 0 Å². The Morgan fingerprint density at radius 3 is 2.26 bits per heavy atom. The van der Waals surface area contributed by atoms with E-state index in [1.807, 2.05) is 13.8 Å². The second-order valence-electron chi connectivity index (χ2n) is 14.8. The molecule has 4 aliphatic carbocycles. The molecule has 4 aliphatic rings. The summed E-state index contributed by atoms with van der Waals surface area (Å²) in [5, 5.41) is 25.2. The minimum atomic E-state index is -4.41. The second-order valence-corrected chi connectivity index (χ2v) is 16.2. The van der Waals surface area contributed by atoms with E-state index < -0.39 is 21.9 Å². The summed E-state index contributed by atoms with van der Waals surface area (Å²) in [6, 6.07) is -0.663. The van der Waals surface area contributed by atoms with Crippen LogP contribution in [0.25, 0.3) is 0 Å². The predicted molar refractivity (Wildman–Crippen MR) is 152 cm³/mol. The van der Waals surface area contributed by atoms with Gasteiger partial charge in [0.25, 0.3) is 0 Å². The van der Waals surface area contributed by atoms with Crippen LogP contribution in [0.1, 0.15) is 106 Å². The molecule has 0 bridgehead atoms. The first-order valence-corrected chi connectivity index (χ1v) is 17.3. The lowest BCUT2D eigenvalue weighted by molar-refractivity contribution is -0.203. The van der Waals surface area contributed by atoms with E-state index in [9.17, 15) is 28.0 Å². The standard InChI is InChI=1S/C31H55NO6S/c1-7-21-25-16-20(33)12-14-31(25,6)24-13-15-30(5)22(9-10-23(30)28(24)29(21)35)19(4)8-11-27(34)32-26(18(2)3)17-39(36,37)38/h18-26,28-29,33,35H,7-17H2,1-6H3,(H,32,34)(H,36,37,38)/p-1/t19-,20-,21-,22-,23+,24+,25+,26-,28+,29-,30-,31-/m1/s1. The van der Waals surface area contributed by atoms with Crippen LogP contribution >= 0.6 is 0 Å². The molecule has 0 aromatic heterocycles. The van der Waals surface area contributed by atoms with Crippen molar-refractivity contribution < 1.29 is 28.0 Å². The number of hydrogen-bond acceptors (Lipinski definition) is 6. The van der Waals surface area contributed by atoms with Gasteiger partial charge in [-0.25, -0.2) is 8.42 Å². The lowest BCUT2D eigenvalue weighted by atomic mass is 9.41. The summed E-state index contributed by atoms with van der Waals surface area (Å²) in [7, 11) is -4.41. The molecular weight excluding hydrogens is 514 g/mol. The van der Waals surface area contributed by atoms with Gasteiger partial charge < -0.3 is 20.1 Å². The van der Waals surface area contributed by atoms with E-state index in [1.165, 1.54) is 0 Å². The molecule has 0 spiro atoms. The van der Waals surface area contributed by atoms with Crippen molar-refractivity contribution in [1.82, 2.24) is 5.32 Å². The summed E-state index contributed by atoms with van der Waals surface area (Å²) in [6.45, 7) is 13.0. The minimum absolute atomic E-state index is 0.137. The molecule has 4 saturated carbocycles. The van der Waals surface area contributed by atoms with Crippen LogP contribution in [0.15, 0.2) is 0 Å². The molecule has 0 heterocycles. The third-order valence-electron chi connectivity index (χ3n) is 12.5. The van der Waals surface area contributed by atoms with Gasteiger partial charge in [-0.1, -0.05) is 48.0 Å². The van der Waals surface area contributed by atoms with Crippen molar-refractivity contribution in [1.29, 1.82) is 0 Å². The zero-order chi connectivity index (χ0) is 28.9. The van der Waals surface area contributed by atoms with E-state index in [0.29, 0.717) is 41.9 Å². The highest BCUT2D eigenvalue weighted by Gasteiger charge is 2.64. The first kappa shape index (κ1) is 31.2. The predicted octanol–water partition coefficient (Wildman–Crippen LogP) is 4.72.